The smallest absolute Gasteiger partial charge is 0.117 e. The van der Waals surface area contributed by atoms with Gasteiger partial charge in [-0.3, -0.25) is 5.10 Å². The van der Waals surface area contributed by atoms with Crippen molar-refractivity contribution in [3.05, 3.63) is 81.3 Å². The van der Waals surface area contributed by atoms with Crippen LogP contribution in [-0.2, 0) is 16.7 Å². The number of rotatable bonds is 5. The lowest BCUT2D eigenvalue weighted by atomic mass is 9.71. The van der Waals surface area contributed by atoms with Crippen molar-refractivity contribution < 1.29 is 4.84 Å². The number of benzene rings is 1. The van der Waals surface area contributed by atoms with Crippen molar-refractivity contribution in [1.29, 1.82) is 0 Å². The molecule has 1 fully saturated rings. The molecule has 1 atom stereocenters. The molecule has 2 aliphatic carbocycles. The van der Waals surface area contributed by atoms with Crippen LogP contribution >= 0.6 is 11.3 Å². The minimum atomic E-state index is -0.165. The summed E-state index contributed by atoms with van der Waals surface area (Å²) >= 11 is 1.81. The van der Waals surface area contributed by atoms with E-state index in [-0.39, 0.29) is 5.41 Å². The van der Waals surface area contributed by atoms with Gasteiger partial charge in [0.05, 0.1) is 5.41 Å². The third-order valence-electron chi connectivity index (χ3n) is 6.05. The minimum Gasteiger partial charge on any atom is -0.399 e. The van der Waals surface area contributed by atoms with E-state index in [9.17, 15) is 0 Å². The Morgan fingerprint density at radius 1 is 1.21 bits per heavy atom. The zero-order valence-corrected chi connectivity index (χ0v) is 16.7. The van der Waals surface area contributed by atoms with Crippen molar-refractivity contribution in [3.8, 4) is 0 Å². The number of nitrogens with zero attached hydrogens (tertiary/aromatic N) is 2. The monoisotopic (exact) mass is 389 g/mol. The molecule has 1 aromatic carbocycles. The first kappa shape index (κ1) is 17.4. The van der Waals surface area contributed by atoms with Crippen LogP contribution in [0.1, 0.15) is 46.7 Å². The number of aromatic amines is 1. The van der Waals surface area contributed by atoms with E-state index < -0.39 is 0 Å². The number of hydrogen-bond donors (Lipinski definition) is 1. The van der Waals surface area contributed by atoms with Crippen LogP contribution in [0.15, 0.2) is 59.1 Å². The largest absolute Gasteiger partial charge is 0.399 e. The number of thiophene rings is 1. The summed E-state index contributed by atoms with van der Waals surface area (Å²) in [6, 6.07) is 15.1. The normalized spacial score (nSPS) is 22.0. The van der Waals surface area contributed by atoms with E-state index in [1.165, 1.54) is 16.9 Å². The molecule has 1 saturated carbocycles. The molecule has 28 heavy (non-hydrogen) atoms. The first-order valence-corrected chi connectivity index (χ1v) is 10.7. The van der Waals surface area contributed by atoms with Crippen LogP contribution in [0.4, 0.5) is 0 Å². The third-order valence-corrected chi connectivity index (χ3v) is 7.09. The summed E-state index contributed by atoms with van der Waals surface area (Å²) in [5.74, 6) is 0.457. The zero-order valence-electron chi connectivity index (χ0n) is 15.9. The average Bonchev–Trinajstić information content (AvgIpc) is 3.36. The van der Waals surface area contributed by atoms with Gasteiger partial charge in [0.15, 0.2) is 0 Å². The Bertz CT molecular complexity index is 1020. The summed E-state index contributed by atoms with van der Waals surface area (Å²) in [5, 5.41) is 14.5. The molecule has 0 aliphatic heterocycles. The highest BCUT2D eigenvalue weighted by Gasteiger charge is 2.38. The molecule has 5 rings (SSSR count). The highest BCUT2D eigenvalue weighted by molar-refractivity contribution is 7.10. The maximum atomic E-state index is 5.16. The summed E-state index contributed by atoms with van der Waals surface area (Å²) in [4.78, 5) is 6.51. The predicted molar refractivity (Wildman–Crippen MR) is 114 cm³/mol. The van der Waals surface area contributed by atoms with Crippen LogP contribution in [0.2, 0.25) is 0 Å². The molecule has 0 amide bonds. The van der Waals surface area contributed by atoms with Crippen molar-refractivity contribution in [2.24, 2.45) is 11.1 Å². The summed E-state index contributed by atoms with van der Waals surface area (Å²) in [7, 11) is 1.62. The van der Waals surface area contributed by atoms with E-state index in [0.29, 0.717) is 5.92 Å². The highest BCUT2D eigenvalue weighted by atomic mass is 32.1. The second-order valence-electron chi connectivity index (χ2n) is 7.58. The quantitative estimate of drug-likeness (QED) is 0.483. The lowest BCUT2D eigenvalue weighted by Gasteiger charge is -2.33. The lowest BCUT2D eigenvalue weighted by Crippen LogP contribution is -2.30. The summed E-state index contributed by atoms with van der Waals surface area (Å²) in [5.41, 5.74) is 5.40. The molecule has 3 aromatic rings. The molecule has 0 saturated heterocycles. The topological polar surface area (TPSA) is 50.3 Å². The van der Waals surface area contributed by atoms with Crippen LogP contribution in [0.3, 0.4) is 0 Å². The predicted octanol–water partition coefficient (Wildman–Crippen LogP) is 5.18. The Morgan fingerprint density at radius 3 is 2.75 bits per heavy atom. The maximum absolute atomic E-state index is 5.16. The van der Waals surface area contributed by atoms with Gasteiger partial charge in [0, 0.05) is 28.5 Å². The number of oxime groups is 1. The highest BCUT2D eigenvalue weighted by Crippen LogP contribution is 2.44. The van der Waals surface area contributed by atoms with Crippen molar-refractivity contribution >= 4 is 23.1 Å². The van der Waals surface area contributed by atoms with E-state index in [0.717, 1.165) is 41.9 Å². The fraction of sp³-hybridized carbons (Fsp3) is 0.304. The number of allylic oxidation sites excluding steroid dienone is 1. The van der Waals surface area contributed by atoms with Gasteiger partial charge in [-0.15, -0.1) is 11.3 Å². The second kappa shape index (κ2) is 7.06. The van der Waals surface area contributed by atoms with E-state index in [4.69, 9.17) is 4.84 Å². The Balaban J connectivity index is 1.59. The van der Waals surface area contributed by atoms with Gasteiger partial charge >= 0.3 is 0 Å². The number of aromatic nitrogens is 2. The zero-order chi connectivity index (χ0) is 19.0. The molecular weight excluding hydrogens is 366 g/mol. The Morgan fingerprint density at radius 2 is 2.07 bits per heavy atom. The van der Waals surface area contributed by atoms with Crippen molar-refractivity contribution in [1.82, 2.24) is 10.2 Å². The lowest BCUT2D eigenvalue weighted by molar-refractivity contribution is 0.208. The van der Waals surface area contributed by atoms with E-state index in [1.807, 2.05) is 11.3 Å². The van der Waals surface area contributed by atoms with E-state index in [2.05, 4.69) is 75.3 Å². The molecule has 2 aliphatic rings. The van der Waals surface area contributed by atoms with Crippen LogP contribution in [0.25, 0.3) is 6.08 Å². The molecule has 1 unspecified atom stereocenters. The summed E-state index contributed by atoms with van der Waals surface area (Å²) in [6.07, 6.45) is 9.02. The standard InChI is InChI=1S/C23H23N3OS/c1-27-26-21(16-7-5-8-16)22-18-12-13-23(15-19(18)24-25-22,20-11-6-14-28-20)17-9-3-2-4-10-17/h2-4,6,9-14,16H,5,7-8,15H2,1H3,(H,24,25). The van der Waals surface area contributed by atoms with Crippen molar-refractivity contribution in [2.45, 2.75) is 31.1 Å². The third kappa shape index (κ3) is 2.73. The van der Waals surface area contributed by atoms with Gasteiger partial charge in [-0.05, 0) is 29.9 Å². The van der Waals surface area contributed by atoms with E-state index >= 15 is 0 Å². The molecule has 4 nitrogen and oxygen atoms in total. The summed E-state index contributed by atoms with van der Waals surface area (Å²) < 4.78 is 0. The van der Waals surface area contributed by atoms with Crippen molar-refractivity contribution in [2.75, 3.05) is 7.11 Å². The van der Waals surface area contributed by atoms with Gasteiger partial charge in [-0.1, -0.05) is 60.1 Å². The molecule has 1 N–H and O–H groups in total. The second-order valence-corrected chi connectivity index (χ2v) is 8.52. The molecule has 0 bridgehead atoms. The Labute approximate surface area is 168 Å². The van der Waals surface area contributed by atoms with E-state index in [1.54, 1.807) is 7.11 Å². The van der Waals surface area contributed by atoms with Crippen LogP contribution in [0.5, 0.6) is 0 Å². The van der Waals surface area contributed by atoms with Gasteiger partial charge in [0.25, 0.3) is 0 Å². The number of H-pyrrole nitrogens is 1. The first-order chi connectivity index (χ1) is 13.8. The fourth-order valence-electron chi connectivity index (χ4n) is 4.33. The summed E-state index contributed by atoms with van der Waals surface area (Å²) in [6.45, 7) is 0. The van der Waals surface area contributed by atoms with Crippen molar-refractivity contribution in [3.63, 3.8) is 0 Å². The van der Waals surface area contributed by atoms with Crippen LogP contribution in [-0.4, -0.2) is 23.0 Å². The number of fused-ring (bicyclic) bond motifs is 1. The minimum absolute atomic E-state index is 0.165. The molecule has 0 radical (unpaired) electrons. The van der Waals surface area contributed by atoms with Gasteiger partial charge < -0.3 is 4.84 Å². The number of nitrogens with one attached hydrogen (secondary N) is 1. The molecule has 2 heterocycles. The van der Waals surface area contributed by atoms with Crippen LogP contribution < -0.4 is 0 Å². The first-order valence-electron chi connectivity index (χ1n) is 9.79. The van der Waals surface area contributed by atoms with Crippen LogP contribution in [0, 0.1) is 5.92 Å². The molecule has 142 valence electrons. The fourth-order valence-corrected chi connectivity index (χ4v) is 5.26. The number of hydrogen-bond acceptors (Lipinski definition) is 4. The SMILES string of the molecule is CON=C(c1n[nH]c2c1C=CC(c1ccccc1)(c1cccs1)C2)C1CCC1. The Hall–Kier alpha value is -2.66. The molecule has 0 spiro atoms. The molecule has 2 aromatic heterocycles. The average molecular weight is 390 g/mol. The van der Waals surface area contributed by atoms with Gasteiger partial charge in [0.1, 0.15) is 18.5 Å². The van der Waals surface area contributed by atoms with Gasteiger partial charge in [-0.25, -0.2) is 0 Å². The Kier molecular flexibility index (Phi) is 4.40. The van der Waals surface area contributed by atoms with Gasteiger partial charge in [0.2, 0.25) is 0 Å². The molecule has 5 heteroatoms. The van der Waals surface area contributed by atoms with Gasteiger partial charge in [-0.2, -0.15) is 5.10 Å². The maximum Gasteiger partial charge on any atom is 0.117 e. The molecular formula is C23H23N3OS.